The van der Waals surface area contributed by atoms with Crippen LogP contribution in [0.25, 0.3) is 0 Å². The van der Waals surface area contributed by atoms with Crippen LogP contribution < -0.4 is 5.32 Å². The molecule has 140 valence electrons. The van der Waals surface area contributed by atoms with Gasteiger partial charge >= 0.3 is 12.1 Å². The highest BCUT2D eigenvalue weighted by molar-refractivity contribution is 6.30. The average Bonchev–Trinajstić information content (AvgIpc) is 2.85. The van der Waals surface area contributed by atoms with Crippen molar-refractivity contribution in [3.63, 3.8) is 0 Å². The Bertz CT molecular complexity index is 814. The second-order valence-electron chi connectivity index (χ2n) is 5.38. The third-order valence-electron chi connectivity index (χ3n) is 3.43. The number of anilines is 1. The van der Waals surface area contributed by atoms with E-state index in [9.17, 15) is 22.8 Å². The van der Waals surface area contributed by atoms with Crippen molar-refractivity contribution >= 4 is 29.2 Å². The van der Waals surface area contributed by atoms with Crippen LogP contribution in [0.15, 0.2) is 22.7 Å². The Morgan fingerprint density at radius 3 is 2.58 bits per heavy atom. The number of hydrogen-bond acceptors (Lipinski definition) is 5. The lowest BCUT2D eigenvalue weighted by Gasteiger charge is -2.14. The van der Waals surface area contributed by atoms with Crippen molar-refractivity contribution in [3.8, 4) is 0 Å². The first kappa shape index (κ1) is 19.8. The number of ether oxygens (including phenoxy) is 1. The second-order valence-corrected chi connectivity index (χ2v) is 5.81. The zero-order valence-corrected chi connectivity index (χ0v) is 14.5. The van der Waals surface area contributed by atoms with Crippen molar-refractivity contribution in [2.75, 3.05) is 11.9 Å². The van der Waals surface area contributed by atoms with E-state index in [1.807, 2.05) is 0 Å². The Balaban J connectivity index is 1.96. The first-order valence-corrected chi connectivity index (χ1v) is 7.69. The van der Waals surface area contributed by atoms with Gasteiger partial charge in [0.05, 0.1) is 23.4 Å². The van der Waals surface area contributed by atoms with Crippen LogP contribution >= 0.6 is 11.6 Å². The van der Waals surface area contributed by atoms with Gasteiger partial charge in [-0.3, -0.25) is 9.59 Å². The molecule has 1 N–H and O–H groups in total. The fourth-order valence-corrected chi connectivity index (χ4v) is 2.31. The van der Waals surface area contributed by atoms with Gasteiger partial charge in [-0.15, -0.1) is 0 Å². The highest BCUT2D eigenvalue weighted by atomic mass is 35.5. The molecule has 0 saturated heterocycles. The molecule has 0 aliphatic carbocycles. The van der Waals surface area contributed by atoms with Gasteiger partial charge in [-0.25, -0.2) is 0 Å². The second kappa shape index (κ2) is 7.77. The van der Waals surface area contributed by atoms with E-state index < -0.39 is 35.9 Å². The smallest absolute Gasteiger partial charge is 0.418 e. The summed E-state index contributed by atoms with van der Waals surface area (Å²) in [4.78, 5) is 23.6. The maximum absolute atomic E-state index is 13.0. The lowest BCUT2D eigenvalue weighted by molar-refractivity contribution is -0.146. The molecule has 0 unspecified atom stereocenters. The van der Waals surface area contributed by atoms with Gasteiger partial charge in [-0.05, 0) is 32.0 Å². The lowest BCUT2D eigenvalue weighted by Crippen LogP contribution is -2.23. The van der Waals surface area contributed by atoms with Gasteiger partial charge in [0.1, 0.15) is 5.76 Å². The maximum Gasteiger partial charge on any atom is 0.418 e. The van der Waals surface area contributed by atoms with Crippen LogP contribution in [0, 0.1) is 13.8 Å². The number of nitrogens with zero attached hydrogens (tertiary/aromatic N) is 1. The summed E-state index contributed by atoms with van der Waals surface area (Å²) in [5.74, 6) is -1.20. The topological polar surface area (TPSA) is 81.4 Å². The average molecular weight is 391 g/mol. The Kier molecular flexibility index (Phi) is 5.91. The van der Waals surface area contributed by atoms with Crippen LogP contribution in [0.3, 0.4) is 0 Å². The molecule has 1 heterocycles. The van der Waals surface area contributed by atoms with E-state index in [1.54, 1.807) is 13.8 Å². The molecule has 6 nitrogen and oxygen atoms in total. The molecule has 1 aromatic heterocycles. The Morgan fingerprint density at radius 2 is 2.00 bits per heavy atom. The van der Waals surface area contributed by atoms with E-state index in [0.717, 1.165) is 6.07 Å². The molecule has 2 aromatic rings. The Morgan fingerprint density at radius 1 is 1.31 bits per heavy atom. The van der Waals surface area contributed by atoms with Crippen LogP contribution in [0.4, 0.5) is 18.9 Å². The molecule has 0 aliphatic rings. The third-order valence-corrected chi connectivity index (χ3v) is 3.66. The van der Waals surface area contributed by atoms with Crippen LogP contribution in [-0.2, 0) is 26.9 Å². The van der Waals surface area contributed by atoms with E-state index >= 15 is 0 Å². The van der Waals surface area contributed by atoms with Crippen LogP contribution in [0.5, 0.6) is 0 Å². The number of aromatic nitrogens is 1. The van der Waals surface area contributed by atoms with Crippen molar-refractivity contribution < 1.29 is 32.0 Å². The Labute approximate surface area is 151 Å². The minimum Gasteiger partial charge on any atom is -0.455 e. The van der Waals surface area contributed by atoms with Gasteiger partial charge in [0.25, 0.3) is 5.91 Å². The maximum atomic E-state index is 13.0. The number of rotatable bonds is 5. The molecule has 0 saturated carbocycles. The number of aryl methyl sites for hydroxylation is 2. The summed E-state index contributed by atoms with van der Waals surface area (Å²) in [7, 11) is 0. The molecule has 2 rings (SSSR count). The normalized spacial score (nSPS) is 11.3. The highest BCUT2D eigenvalue weighted by Crippen LogP contribution is 2.36. The van der Waals surface area contributed by atoms with Gasteiger partial charge in [-0.2, -0.15) is 13.2 Å². The van der Waals surface area contributed by atoms with Crippen molar-refractivity contribution in [2.45, 2.75) is 26.4 Å². The van der Waals surface area contributed by atoms with Gasteiger partial charge in [0.15, 0.2) is 6.61 Å². The van der Waals surface area contributed by atoms with E-state index in [-0.39, 0.29) is 11.4 Å². The van der Waals surface area contributed by atoms with Gasteiger partial charge < -0.3 is 14.6 Å². The molecule has 1 amide bonds. The van der Waals surface area contributed by atoms with Crippen molar-refractivity contribution in [1.29, 1.82) is 0 Å². The first-order chi connectivity index (χ1) is 12.1. The fraction of sp³-hybridized carbons (Fsp3) is 0.312. The van der Waals surface area contributed by atoms with Crippen molar-refractivity contribution in [3.05, 3.63) is 45.8 Å². The van der Waals surface area contributed by atoms with Gasteiger partial charge in [0, 0.05) is 10.6 Å². The zero-order chi connectivity index (χ0) is 19.5. The minimum absolute atomic E-state index is 0.124. The first-order valence-electron chi connectivity index (χ1n) is 7.32. The summed E-state index contributed by atoms with van der Waals surface area (Å²) in [6.45, 7) is 2.53. The lowest BCUT2D eigenvalue weighted by atomic mass is 10.1. The minimum atomic E-state index is -4.70. The number of hydrogen-bond donors (Lipinski definition) is 1. The number of amides is 1. The van der Waals surface area contributed by atoms with Crippen LogP contribution in [0.1, 0.15) is 22.6 Å². The molecule has 26 heavy (non-hydrogen) atoms. The predicted octanol–water partition coefficient (Wildman–Crippen LogP) is 3.69. The number of carbonyl (C=O) groups excluding carboxylic acids is 2. The summed E-state index contributed by atoms with van der Waals surface area (Å²) < 4.78 is 48.6. The summed E-state index contributed by atoms with van der Waals surface area (Å²) in [6.07, 6.45) is -4.86. The number of nitrogens with one attached hydrogen (secondary N) is 1. The number of alkyl halides is 3. The molecule has 0 spiro atoms. The number of halogens is 4. The molecule has 0 radical (unpaired) electrons. The standard InChI is InChI=1S/C16H14ClF3N2O4/c1-8-11(9(2)26-22-8)6-15(24)25-7-14(23)21-13-4-3-10(17)5-12(13)16(18,19)20/h3-5H,6-7H2,1-2H3,(H,21,23). The third kappa shape index (κ3) is 4.98. The Hall–Kier alpha value is -2.55. The van der Waals surface area contributed by atoms with E-state index in [2.05, 4.69) is 10.5 Å². The molecular weight excluding hydrogens is 377 g/mol. The molecule has 1 aromatic carbocycles. The summed E-state index contributed by atoms with van der Waals surface area (Å²) in [5, 5.41) is 5.61. The van der Waals surface area contributed by atoms with E-state index in [0.29, 0.717) is 23.1 Å². The highest BCUT2D eigenvalue weighted by Gasteiger charge is 2.34. The predicted molar refractivity (Wildman–Crippen MR) is 85.7 cm³/mol. The molecule has 0 atom stereocenters. The number of esters is 1. The van der Waals surface area contributed by atoms with Crippen molar-refractivity contribution in [2.24, 2.45) is 0 Å². The quantitative estimate of drug-likeness (QED) is 0.787. The number of benzene rings is 1. The molecule has 0 fully saturated rings. The SMILES string of the molecule is Cc1noc(C)c1CC(=O)OCC(=O)Nc1ccc(Cl)cc1C(F)(F)F. The van der Waals surface area contributed by atoms with E-state index in [1.165, 1.54) is 6.07 Å². The molecule has 0 aliphatic heterocycles. The summed E-state index contributed by atoms with van der Waals surface area (Å²) in [6, 6.07) is 2.92. The van der Waals surface area contributed by atoms with Crippen LogP contribution in [-0.4, -0.2) is 23.6 Å². The van der Waals surface area contributed by atoms with Crippen LogP contribution in [0.2, 0.25) is 5.02 Å². The summed E-state index contributed by atoms with van der Waals surface area (Å²) >= 11 is 5.56. The molecular formula is C16H14ClF3N2O4. The molecule has 10 heteroatoms. The fourth-order valence-electron chi connectivity index (χ4n) is 2.14. The van der Waals surface area contributed by atoms with Gasteiger partial charge in [0.2, 0.25) is 0 Å². The van der Waals surface area contributed by atoms with Gasteiger partial charge in [-0.1, -0.05) is 16.8 Å². The van der Waals surface area contributed by atoms with E-state index in [4.69, 9.17) is 20.9 Å². The monoisotopic (exact) mass is 390 g/mol. The zero-order valence-electron chi connectivity index (χ0n) is 13.7. The summed E-state index contributed by atoms with van der Waals surface area (Å²) in [5.41, 5.74) is -0.526. The number of carbonyl (C=O) groups is 2. The van der Waals surface area contributed by atoms with Crippen molar-refractivity contribution in [1.82, 2.24) is 5.16 Å². The molecule has 0 bridgehead atoms. The largest absolute Gasteiger partial charge is 0.455 e.